The molecule has 0 heterocycles. The topological polar surface area (TPSA) is 104 Å². The Kier molecular flexibility index (Phi) is 15.4. The molecule has 0 aliphatic rings. The summed E-state index contributed by atoms with van der Waals surface area (Å²) in [5.41, 5.74) is 0. The van der Waals surface area contributed by atoms with Gasteiger partial charge in [0.05, 0.1) is 12.3 Å². The van der Waals surface area contributed by atoms with Gasteiger partial charge in [-0.3, -0.25) is 9.36 Å². The Hall–Kier alpha value is -0.420. The second-order valence-corrected chi connectivity index (χ2v) is 9.35. The van der Waals surface area contributed by atoms with Gasteiger partial charge in [0.2, 0.25) is 0 Å². The van der Waals surface area contributed by atoms with Crippen molar-refractivity contribution in [3.63, 3.8) is 0 Å². The molecular weight excluding hydrogens is 355 g/mol. The van der Waals surface area contributed by atoms with Gasteiger partial charge in [-0.15, -0.1) is 0 Å². The Morgan fingerprint density at radius 3 is 1.81 bits per heavy atom. The first-order valence-electron chi connectivity index (χ1n) is 10.1. The smallest absolute Gasteiger partial charge is 0.328 e. The van der Waals surface area contributed by atoms with Gasteiger partial charge < -0.3 is 19.6 Å². The molecule has 0 saturated heterocycles. The zero-order valence-corrected chi connectivity index (χ0v) is 17.5. The second-order valence-electron chi connectivity index (χ2n) is 7.65. The van der Waals surface area contributed by atoms with Gasteiger partial charge in [-0.25, -0.2) is 0 Å². The highest BCUT2D eigenvalue weighted by atomic mass is 31.2. The van der Waals surface area contributed by atoms with Crippen LogP contribution in [0.25, 0.3) is 0 Å². The predicted octanol–water partition coefficient (Wildman–Crippen LogP) is 4.41. The fourth-order valence-corrected chi connectivity index (χ4v) is 3.48. The fourth-order valence-electron chi connectivity index (χ4n) is 2.82. The molecule has 0 amide bonds. The third-order valence-corrected chi connectivity index (χ3v) is 5.19. The van der Waals surface area contributed by atoms with Crippen LogP contribution >= 0.6 is 7.60 Å². The van der Waals surface area contributed by atoms with Crippen molar-refractivity contribution in [3.8, 4) is 0 Å². The lowest BCUT2D eigenvalue weighted by Gasteiger charge is -2.12. The number of hydrogen-bond acceptors (Lipinski definition) is 4. The highest BCUT2D eigenvalue weighted by Crippen LogP contribution is 2.34. The monoisotopic (exact) mass is 394 g/mol. The van der Waals surface area contributed by atoms with E-state index in [4.69, 9.17) is 14.5 Å². The number of hydrogen-bond donors (Lipinski definition) is 3. The summed E-state index contributed by atoms with van der Waals surface area (Å²) in [6, 6.07) is 0. The van der Waals surface area contributed by atoms with E-state index in [1.54, 1.807) is 0 Å². The first-order valence-corrected chi connectivity index (χ1v) is 11.9. The Morgan fingerprint density at radius 1 is 0.885 bits per heavy atom. The van der Waals surface area contributed by atoms with Crippen molar-refractivity contribution in [1.82, 2.24) is 0 Å². The maximum Gasteiger partial charge on any atom is 0.328 e. The quantitative estimate of drug-likeness (QED) is 0.192. The molecule has 0 rings (SSSR count). The van der Waals surface area contributed by atoms with E-state index < -0.39 is 25.8 Å². The van der Waals surface area contributed by atoms with E-state index in [2.05, 4.69) is 13.8 Å². The van der Waals surface area contributed by atoms with Crippen LogP contribution in [0.15, 0.2) is 0 Å². The Balaban J connectivity index is 3.34. The Morgan fingerprint density at radius 2 is 1.35 bits per heavy atom. The van der Waals surface area contributed by atoms with E-state index in [-0.39, 0.29) is 6.61 Å². The first kappa shape index (κ1) is 25.6. The predicted molar refractivity (Wildman–Crippen MR) is 104 cm³/mol. The normalized spacial score (nSPS) is 13.2. The number of carbonyl (C=O) groups excluding carboxylic acids is 1. The molecule has 0 aliphatic heterocycles. The van der Waals surface area contributed by atoms with Gasteiger partial charge in [0, 0.05) is 6.42 Å². The van der Waals surface area contributed by atoms with E-state index >= 15 is 0 Å². The zero-order valence-electron chi connectivity index (χ0n) is 16.6. The average Bonchev–Trinajstić information content (AvgIpc) is 2.52. The van der Waals surface area contributed by atoms with Crippen molar-refractivity contribution in [1.29, 1.82) is 0 Å². The zero-order chi connectivity index (χ0) is 19.8. The van der Waals surface area contributed by atoms with E-state index in [1.165, 1.54) is 51.4 Å². The molecule has 1 atom stereocenters. The van der Waals surface area contributed by atoms with Crippen LogP contribution in [0.1, 0.15) is 90.9 Å². The number of aliphatic hydroxyl groups excluding tert-OH is 1. The Labute approximate surface area is 158 Å². The summed E-state index contributed by atoms with van der Waals surface area (Å²) in [6.07, 6.45) is 11.6. The van der Waals surface area contributed by atoms with Gasteiger partial charge in [-0.2, -0.15) is 0 Å². The molecule has 0 aromatic rings. The van der Waals surface area contributed by atoms with E-state index in [9.17, 15) is 14.5 Å². The molecule has 0 bridgehead atoms. The van der Waals surface area contributed by atoms with Gasteiger partial charge in [0.1, 0.15) is 6.61 Å². The van der Waals surface area contributed by atoms with Crippen molar-refractivity contribution in [2.45, 2.75) is 97.0 Å². The van der Waals surface area contributed by atoms with Crippen LogP contribution in [0, 0.1) is 5.92 Å². The molecule has 1 unspecified atom stereocenters. The third kappa shape index (κ3) is 19.9. The molecule has 0 aromatic carbocycles. The summed E-state index contributed by atoms with van der Waals surface area (Å²) in [6.45, 7) is 4.19. The largest absolute Gasteiger partial charge is 0.463 e. The molecule has 6 nitrogen and oxygen atoms in total. The van der Waals surface area contributed by atoms with Crippen molar-refractivity contribution in [2.24, 2.45) is 5.92 Å². The lowest BCUT2D eigenvalue weighted by atomic mass is 10.0. The molecule has 0 fully saturated rings. The van der Waals surface area contributed by atoms with Crippen LogP contribution in [-0.4, -0.2) is 39.7 Å². The molecule has 26 heavy (non-hydrogen) atoms. The van der Waals surface area contributed by atoms with Crippen LogP contribution in [0.5, 0.6) is 0 Å². The summed E-state index contributed by atoms with van der Waals surface area (Å²) >= 11 is 0. The number of unbranched alkanes of at least 4 members (excludes halogenated alkanes) is 9. The second kappa shape index (κ2) is 15.6. The molecule has 3 N–H and O–H groups in total. The maximum absolute atomic E-state index is 11.5. The standard InChI is InChI=1S/C19H39O6P/c1-17(2)13-11-9-7-5-3-4-6-8-10-12-14-19(21)25-15-18(20)16-26(22,23)24/h17-18,20H,3-16H2,1-2H3,(H2,22,23,24). The lowest BCUT2D eigenvalue weighted by molar-refractivity contribution is -0.146. The minimum Gasteiger partial charge on any atom is -0.463 e. The SMILES string of the molecule is CC(C)CCCCCCCCCCCCC(=O)OCC(O)CP(=O)(O)O. The third-order valence-electron chi connectivity index (χ3n) is 4.30. The van der Waals surface area contributed by atoms with Crippen LogP contribution in [0.4, 0.5) is 0 Å². The summed E-state index contributed by atoms with van der Waals surface area (Å²) in [5, 5.41) is 9.35. The van der Waals surface area contributed by atoms with Gasteiger partial charge in [-0.1, -0.05) is 78.1 Å². The number of ether oxygens (including phenoxy) is 1. The average molecular weight is 394 g/mol. The lowest BCUT2D eigenvalue weighted by Crippen LogP contribution is -2.22. The molecule has 156 valence electrons. The van der Waals surface area contributed by atoms with Crippen LogP contribution < -0.4 is 0 Å². The number of carbonyl (C=O) groups is 1. The van der Waals surface area contributed by atoms with E-state index in [1.807, 2.05) is 0 Å². The van der Waals surface area contributed by atoms with E-state index in [0.29, 0.717) is 6.42 Å². The van der Waals surface area contributed by atoms with Gasteiger partial charge in [-0.05, 0) is 12.3 Å². The minimum atomic E-state index is -4.28. The molecule has 0 spiro atoms. The summed E-state index contributed by atoms with van der Waals surface area (Å²) in [4.78, 5) is 28.9. The molecular formula is C19H39O6P. The van der Waals surface area contributed by atoms with E-state index in [0.717, 1.165) is 25.2 Å². The van der Waals surface area contributed by atoms with Gasteiger partial charge in [0.25, 0.3) is 0 Å². The maximum atomic E-state index is 11.5. The van der Waals surface area contributed by atoms with Crippen molar-refractivity contribution in [3.05, 3.63) is 0 Å². The summed E-state index contributed by atoms with van der Waals surface area (Å²) in [5.74, 6) is 0.397. The highest BCUT2D eigenvalue weighted by Gasteiger charge is 2.20. The highest BCUT2D eigenvalue weighted by molar-refractivity contribution is 7.51. The van der Waals surface area contributed by atoms with Crippen molar-refractivity contribution < 1.29 is 29.0 Å². The molecule has 0 radical (unpaired) electrons. The summed E-state index contributed by atoms with van der Waals surface area (Å²) in [7, 11) is -4.28. The van der Waals surface area contributed by atoms with Crippen molar-refractivity contribution >= 4 is 13.6 Å². The number of aliphatic hydroxyl groups is 1. The van der Waals surface area contributed by atoms with Crippen molar-refractivity contribution in [2.75, 3.05) is 12.8 Å². The van der Waals surface area contributed by atoms with Crippen LogP contribution in [0.2, 0.25) is 0 Å². The van der Waals surface area contributed by atoms with Gasteiger partial charge in [0.15, 0.2) is 0 Å². The molecule has 0 saturated carbocycles. The minimum absolute atomic E-state index is 0.290. The molecule has 0 aliphatic carbocycles. The Bertz CT molecular complexity index is 393. The number of esters is 1. The summed E-state index contributed by atoms with van der Waals surface area (Å²) < 4.78 is 15.5. The molecule has 7 heteroatoms. The van der Waals surface area contributed by atoms with Crippen LogP contribution in [-0.2, 0) is 14.1 Å². The number of rotatable bonds is 17. The molecule has 0 aromatic heterocycles. The first-order chi connectivity index (χ1) is 12.2. The van der Waals surface area contributed by atoms with Gasteiger partial charge >= 0.3 is 13.6 Å². The van der Waals surface area contributed by atoms with Crippen LogP contribution in [0.3, 0.4) is 0 Å². The fraction of sp³-hybridized carbons (Fsp3) is 0.947.